The van der Waals surface area contributed by atoms with Crippen LogP contribution in [0.5, 0.6) is 0 Å². The zero-order valence-electron chi connectivity index (χ0n) is 5.59. The predicted octanol–water partition coefficient (Wildman–Crippen LogP) is 1.91. The summed E-state index contributed by atoms with van der Waals surface area (Å²) in [7, 11) is 0. The van der Waals surface area contributed by atoms with Crippen LogP contribution in [-0.2, 0) is 0 Å². The SMILES string of the molecule is C1C2CC3CC4C(C12)[C@@H]34. The summed E-state index contributed by atoms with van der Waals surface area (Å²) in [6, 6.07) is 0. The van der Waals surface area contributed by atoms with Crippen LogP contribution in [0.1, 0.15) is 19.3 Å². The second-order valence-electron chi connectivity index (χ2n) is 4.71. The van der Waals surface area contributed by atoms with E-state index in [2.05, 4.69) is 0 Å². The van der Waals surface area contributed by atoms with Crippen molar-refractivity contribution in [2.45, 2.75) is 19.3 Å². The Kier molecular flexibility index (Phi) is 0.395. The number of hydrogen-bond acceptors (Lipinski definition) is 0. The lowest BCUT2D eigenvalue weighted by Gasteiger charge is -2.25. The van der Waals surface area contributed by atoms with E-state index >= 15 is 0 Å². The standard InChI is InChI=1S/C9H12/c1-4-2-6(4)9-7-3-5(1)8(7)9/h4-9H,1-3H2/t4?,5?,6?,7?,8-,9?/m0/s1. The molecule has 4 fully saturated rings. The molecule has 0 aromatic rings. The Bertz CT molecular complexity index is 180. The summed E-state index contributed by atoms with van der Waals surface area (Å²) < 4.78 is 0. The predicted molar refractivity (Wildman–Crippen MR) is 34.8 cm³/mol. The minimum absolute atomic E-state index is 1.24. The van der Waals surface area contributed by atoms with Crippen molar-refractivity contribution in [3.63, 3.8) is 0 Å². The largest absolute Gasteiger partial charge is 0.0470 e. The maximum absolute atomic E-state index is 1.64. The van der Waals surface area contributed by atoms with Crippen LogP contribution in [-0.4, -0.2) is 0 Å². The average Bonchev–Trinajstić information content (AvgIpc) is 2.46. The van der Waals surface area contributed by atoms with Gasteiger partial charge in [0, 0.05) is 0 Å². The molecule has 0 nitrogen and oxygen atoms in total. The third-order valence-corrected chi connectivity index (χ3v) is 4.49. The average molecular weight is 120 g/mol. The third kappa shape index (κ3) is 0.281. The topological polar surface area (TPSA) is 0 Å². The van der Waals surface area contributed by atoms with Gasteiger partial charge in [0.15, 0.2) is 0 Å². The minimum atomic E-state index is 1.24. The molecule has 0 N–H and O–H groups in total. The molecule has 48 valence electrons. The summed E-state index contributed by atoms with van der Waals surface area (Å²) >= 11 is 0. The van der Waals surface area contributed by atoms with Gasteiger partial charge in [-0.25, -0.2) is 0 Å². The van der Waals surface area contributed by atoms with Gasteiger partial charge < -0.3 is 0 Å². The van der Waals surface area contributed by atoms with Gasteiger partial charge >= 0.3 is 0 Å². The van der Waals surface area contributed by atoms with Gasteiger partial charge in [0.1, 0.15) is 0 Å². The molecule has 5 unspecified atom stereocenters. The van der Waals surface area contributed by atoms with E-state index in [9.17, 15) is 0 Å². The Morgan fingerprint density at radius 3 is 2.56 bits per heavy atom. The molecule has 4 rings (SSSR count). The van der Waals surface area contributed by atoms with E-state index in [0.717, 1.165) is 0 Å². The monoisotopic (exact) mass is 120 g/mol. The molecule has 4 aliphatic carbocycles. The van der Waals surface area contributed by atoms with Crippen LogP contribution >= 0.6 is 0 Å². The first kappa shape index (κ1) is 4.00. The second-order valence-corrected chi connectivity index (χ2v) is 4.71. The Labute approximate surface area is 55.6 Å². The Balaban J connectivity index is 1.83. The molecule has 0 heteroatoms. The number of rotatable bonds is 0. The number of hydrogen-bond donors (Lipinski definition) is 0. The summed E-state index contributed by atoms with van der Waals surface area (Å²) in [4.78, 5) is 0. The summed E-state index contributed by atoms with van der Waals surface area (Å²) in [5.74, 6) is 7.58. The van der Waals surface area contributed by atoms with Gasteiger partial charge in [-0.2, -0.15) is 0 Å². The van der Waals surface area contributed by atoms with Crippen molar-refractivity contribution in [3.05, 3.63) is 0 Å². The molecule has 0 amide bonds. The Morgan fingerprint density at radius 2 is 1.56 bits per heavy atom. The summed E-state index contributed by atoms with van der Waals surface area (Å²) in [5.41, 5.74) is 0. The molecule has 0 bridgehead atoms. The molecule has 0 aromatic carbocycles. The van der Waals surface area contributed by atoms with Crippen LogP contribution in [0.4, 0.5) is 0 Å². The normalized spacial score (nSPS) is 80.0. The van der Waals surface area contributed by atoms with Crippen LogP contribution in [0.15, 0.2) is 0 Å². The summed E-state index contributed by atoms with van der Waals surface area (Å²) in [6.07, 6.45) is 4.92. The van der Waals surface area contributed by atoms with Crippen molar-refractivity contribution in [1.82, 2.24) is 0 Å². The molecule has 0 heterocycles. The molecule has 0 spiro atoms. The van der Waals surface area contributed by atoms with Crippen molar-refractivity contribution in [2.75, 3.05) is 0 Å². The Morgan fingerprint density at radius 1 is 0.667 bits per heavy atom. The quantitative estimate of drug-likeness (QED) is 0.458. The highest BCUT2D eigenvalue weighted by Crippen LogP contribution is 2.79. The van der Waals surface area contributed by atoms with E-state index in [1.54, 1.807) is 19.3 Å². The number of fused-ring (bicyclic) bond motifs is 3. The fourth-order valence-corrected chi connectivity index (χ4v) is 3.98. The van der Waals surface area contributed by atoms with Crippen molar-refractivity contribution in [3.8, 4) is 0 Å². The first-order chi connectivity index (χ1) is 4.45. The first-order valence-corrected chi connectivity index (χ1v) is 4.45. The maximum Gasteiger partial charge on any atom is -0.0318 e. The van der Waals surface area contributed by atoms with Gasteiger partial charge in [0.2, 0.25) is 0 Å². The van der Waals surface area contributed by atoms with Crippen molar-refractivity contribution in [2.24, 2.45) is 35.5 Å². The molecule has 9 heavy (non-hydrogen) atoms. The maximum atomic E-state index is 1.64. The molecule has 4 saturated carbocycles. The van der Waals surface area contributed by atoms with Gasteiger partial charge in [-0.3, -0.25) is 0 Å². The van der Waals surface area contributed by atoms with Crippen LogP contribution in [0.3, 0.4) is 0 Å². The van der Waals surface area contributed by atoms with Crippen LogP contribution in [0.2, 0.25) is 0 Å². The lowest BCUT2D eigenvalue weighted by Crippen LogP contribution is -2.17. The first-order valence-electron chi connectivity index (χ1n) is 4.45. The van der Waals surface area contributed by atoms with Crippen LogP contribution in [0, 0.1) is 35.5 Å². The van der Waals surface area contributed by atoms with Gasteiger partial charge in [0.25, 0.3) is 0 Å². The van der Waals surface area contributed by atoms with E-state index in [1.807, 2.05) is 0 Å². The summed E-state index contributed by atoms with van der Waals surface area (Å²) in [5, 5.41) is 0. The van der Waals surface area contributed by atoms with E-state index in [-0.39, 0.29) is 0 Å². The second kappa shape index (κ2) is 0.889. The van der Waals surface area contributed by atoms with E-state index < -0.39 is 0 Å². The van der Waals surface area contributed by atoms with Gasteiger partial charge in [-0.15, -0.1) is 0 Å². The van der Waals surface area contributed by atoms with Gasteiger partial charge in [0.05, 0.1) is 0 Å². The highest BCUT2D eigenvalue weighted by atomic mass is 14.8. The smallest absolute Gasteiger partial charge is 0.0318 e. The van der Waals surface area contributed by atoms with E-state index in [1.165, 1.54) is 35.5 Å². The lowest BCUT2D eigenvalue weighted by molar-refractivity contribution is 0.244. The van der Waals surface area contributed by atoms with Crippen molar-refractivity contribution in [1.29, 1.82) is 0 Å². The lowest BCUT2D eigenvalue weighted by atomic mass is 9.80. The Hall–Kier alpha value is 0. The third-order valence-electron chi connectivity index (χ3n) is 4.49. The zero-order chi connectivity index (χ0) is 5.59. The van der Waals surface area contributed by atoms with Gasteiger partial charge in [-0.05, 0) is 54.8 Å². The molecule has 0 aromatic heterocycles. The van der Waals surface area contributed by atoms with E-state index in [0.29, 0.717) is 0 Å². The summed E-state index contributed by atoms with van der Waals surface area (Å²) in [6.45, 7) is 0. The molecular weight excluding hydrogens is 108 g/mol. The highest BCUT2D eigenvalue weighted by Gasteiger charge is 2.72. The highest BCUT2D eigenvalue weighted by molar-refractivity contribution is 5.20. The fraction of sp³-hybridized carbons (Fsp3) is 1.00. The minimum Gasteiger partial charge on any atom is -0.0470 e. The van der Waals surface area contributed by atoms with Crippen molar-refractivity contribution >= 4 is 0 Å². The molecule has 4 aliphatic rings. The van der Waals surface area contributed by atoms with Gasteiger partial charge in [-0.1, -0.05) is 0 Å². The molecular formula is C9H12. The molecule has 0 saturated heterocycles. The zero-order valence-corrected chi connectivity index (χ0v) is 5.59. The van der Waals surface area contributed by atoms with E-state index in [4.69, 9.17) is 0 Å². The van der Waals surface area contributed by atoms with Crippen molar-refractivity contribution < 1.29 is 0 Å². The molecule has 0 radical (unpaired) electrons. The molecule has 6 atom stereocenters. The van der Waals surface area contributed by atoms with Crippen LogP contribution in [0.25, 0.3) is 0 Å². The fourth-order valence-electron chi connectivity index (χ4n) is 3.98. The van der Waals surface area contributed by atoms with Crippen LogP contribution < -0.4 is 0 Å². The molecule has 0 aliphatic heterocycles.